The minimum Gasteiger partial charge on any atom is -0.508 e. The molecule has 0 saturated carbocycles. The van der Waals surface area contributed by atoms with Gasteiger partial charge in [0.1, 0.15) is 11.5 Å². The molecule has 1 amide bonds. The van der Waals surface area contributed by atoms with E-state index in [0.29, 0.717) is 6.61 Å². The lowest BCUT2D eigenvalue weighted by atomic mass is 10.1. The summed E-state index contributed by atoms with van der Waals surface area (Å²) in [5, 5.41) is 20.8. The maximum Gasteiger partial charge on any atom is 0.255 e. The molecule has 0 fully saturated rings. The van der Waals surface area contributed by atoms with E-state index in [1.165, 1.54) is 25.3 Å². The van der Waals surface area contributed by atoms with Crippen LogP contribution in [0.1, 0.15) is 10.4 Å². The first-order valence-electron chi connectivity index (χ1n) is 4.97. The van der Waals surface area contributed by atoms with Crippen LogP contribution in [0.3, 0.4) is 0 Å². The number of phenols is 2. The number of halogens is 1. The second-order valence-electron chi connectivity index (χ2n) is 3.46. The number of carbonyl (C=O) groups is 1. The number of methoxy groups -OCH3 is 1. The summed E-state index contributed by atoms with van der Waals surface area (Å²) in [6.07, 6.45) is 0. The summed E-state index contributed by atoms with van der Waals surface area (Å²) in [6, 6.07) is 3.73. The smallest absolute Gasteiger partial charge is 0.255 e. The Kier molecular flexibility index (Phi) is 5.06. The first-order valence-corrected chi connectivity index (χ1v) is 5.41. The molecule has 6 heteroatoms. The zero-order valence-electron chi connectivity index (χ0n) is 9.31. The molecule has 94 valence electrons. The molecule has 17 heavy (non-hydrogen) atoms. The van der Waals surface area contributed by atoms with Gasteiger partial charge >= 0.3 is 0 Å². The lowest BCUT2D eigenvalue weighted by molar-refractivity contribution is 0.0946. The van der Waals surface area contributed by atoms with Gasteiger partial charge in [-0.05, 0) is 18.2 Å². The van der Waals surface area contributed by atoms with Gasteiger partial charge in [-0.2, -0.15) is 0 Å². The summed E-state index contributed by atoms with van der Waals surface area (Å²) >= 11 is 5.83. The van der Waals surface area contributed by atoms with Crippen LogP contribution in [0, 0.1) is 0 Å². The number of phenolic OH excluding ortho intramolecular Hbond substituents is 2. The molecular formula is C11H14ClNO4. The minimum absolute atomic E-state index is 0.00582. The molecule has 1 aromatic carbocycles. The van der Waals surface area contributed by atoms with Crippen molar-refractivity contribution in [1.82, 2.24) is 5.32 Å². The number of ether oxygens (including phenoxy) is 1. The molecule has 0 saturated heterocycles. The van der Waals surface area contributed by atoms with Crippen molar-refractivity contribution in [3.8, 4) is 11.5 Å². The number of alkyl halides is 1. The summed E-state index contributed by atoms with van der Waals surface area (Å²) in [4.78, 5) is 11.6. The fourth-order valence-electron chi connectivity index (χ4n) is 1.24. The molecule has 1 aromatic rings. The summed E-state index contributed by atoms with van der Waals surface area (Å²) in [6.45, 7) is 0.525. The van der Waals surface area contributed by atoms with Gasteiger partial charge in [-0.15, -0.1) is 11.6 Å². The lowest BCUT2D eigenvalue weighted by Crippen LogP contribution is -2.31. The molecule has 0 aromatic heterocycles. The number of benzene rings is 1. The molecule has 0 bridgehead atoms. The monoisotopic (exact) mass is 259 g/mol. The Balaban J connectivity index is 2.61. The van der Waals surface area contributed by atoms with Crippen LogP contribution < -0.4 is 5.32 Å². The Hall–Kier alpha value is -1.46. The van der Waals surface area contributed by atoms with Crippen LogP contribution in [0.4, 0.5) is 0 Å². The van der Waals surface area contributed by atoms with Gasteiger partial charge in [-0.1, -0.05) is 0 Å². The average Bonchev–Trinajstić information content (AvgIpc) is 2.29. The third kappa shape index (κ3) is 4.13. The van der Waals surface area contributed by atoms with Crippen molar-refractivity contribution in [1.29, 1.82) is 0 Å². The summed E-state index contributed by atoms with van der Waals surface area (Å²) < 4.78 is 4.81. The predicted molar refractivity (Wildman–Crippen MR) is 63.6 cm³/mol. The molecule has 0 aliphatic rings. The quantitative estimate of drug-likeness (QED) is 0.546. The van der Waals surface area contributed by atoms with Crippen LogP contribution in [0.5, 0.6) is 11.5 Å². The molecule has 0 heterocycles. The molecule has 1 atom stereocenters. The number of nitrogens with one attached hydrogen (secondary N) is 1. The number of carbonyl (C=O) groups excluding carboxylic acids is 1. The maximum atomic E-state index is 11.6. The average molecular weight is 260 g/mol. The van der Waals surface area contributed by atoms with Crippen LogP contribution >= 0.6 is 11.6 Å². The van der Waals surface area contributed by atoms with Crippen molar-refractivity contribution in [3.05, 3.63) is 23.8 Å². The Morgan fingerprint density at radius 3 is 2.88 bits per heavy atom. The van der Waals surface area contributed by atoms with E-state index in [1.54, 1.807) is 0 Å². The summed E-state index contributed by atoms with van der Waals surface area (Å²) in [5.74, 6) is -0.786. The van der Waals surface area contributed by atoms with Gasteiger partial charge in [-0.3, -0.25) is 4.79 Å². The van der Waals surface area contributed by atoms with Crippen molar-refractivity contribution in [3.63, 3.8) is 0 Å². The normalized spacial score (nSPS) is 12.1. The third-order valence-corrected chi connectivity index (χ3v) is 2.34. The molecule has 5 nitrogen and oxygen atoms in total. The molecule has 0 spiro atoms. The fourth-order valence-corrected chi connectivity index (χ4v) is 1.45. The van der Waals surface area contributed by atoms with Crippen molar-refractivity contribution in [2.45, 2.75) is 5.38 Å². The highest BCUT2D eigenvalue weighted by Crippen LogP contribution is 2.21. The lowest BCUT2D eigenvalue weighted by Gasteiger charge is -2.10. The van der Waals surface area contributed by atoms with Gasteiger partial charge in [0.05, 0.1) is 17.5 Å². The number of amides is 1. The maximum absolute atomic E-state index is 11.6. The largest absolute Gasteiger partial charge is 0.508 e. The molecule has 1 rings (SSSR count). The first kappa shape index (κ1) is 13.6. The van der Waals surface area contributed by atoms with E-state index in [2.05, 4.69) is 5.32 Å². The van der Waals surface area contributed by atoms with Gasteiger partial charge in [0, 0.05) is 13.7 Å². The molecular weight excluding hydrogens is 246 g/mol. The third-order valence-electron chi connectivity index (χ3n) is 2.06. The Morgan fingerprint density at radius 1 is 1.53 bits per heavy atom. The van der Waals surface area contributed by atoms with Gasteiger partial charge in [0.25, 0.3) is 5.91 Å². The second kappa shape index (κ2) is 6.32. The van der Waals surface area contributed by atoms with E-state index < -0.39 is 5.91 Å². The Morgan fingerprint density at radius 2 is 2.24 bits per heavy atom. The Labute approximate surface area is 104 Å². The van der Waals surface area contributed by atoms with Gasteiger partial charge < -0.3 is 20.3 Å². The summed E-state index contributed by atoms with van der Waals surface area (Å²) in [5.41, 5.74) is 0.00582. The Bertz CT molecular complexity index is 397. The topological polar surface area (TPSA) is 78.8 Å². The van der Waals surface area contributed by atoms with Crippen LogP contribution in [-0.4, -0.2) is 41.8 Å². The van der Waals surface area contributed by atoms with Gasteiger partial charge in [0.2, 0.25) is 0 Å². The van der Waals surface area contributed by atoms with Gasteiger partial charge in [0.15, 0.2) is 0 Å². The SMILES string of the molecule is COCC(Cl)CNC(=O)c1cc(O)ccc1O. The zero-order valence-corrected chi connectivity index (χ0v) is 10.1. The molecule has 1 unspecified atom stereocenters. The standard InChI is InChI=1S/C11H14ClNO4/c1-17-6-7(12)5-13-11(16)9-4-8(14)2-3-10(9)15/h2-4,7,14-15H,5-6H2,1H3,(H,13,16). The van der Waals surface area contributed by atoms with E-state index >= 15 is 0 Å². The van der Waals surface area contributed by atoms with Gasteiger partial charge in [-0.25, -0.2) is 0 Å². The molecule has 0 radical (unpaired) electrons. The minimum atomic E-state index is -0.500. The highest BCUT2D eigenvalue weighted by atomic mass is 35.5. The highest BCUT2D eigenvalue weighted by molar-refractivity contribution is 6.21. The zero-order chi connectivity index (χ0) is 12.8. The molecule has 0 aliphatic carbocycles. The second-order valence-corrected chi connectivity index (χ2v) is 4.08. The van der Waals surface area contributed by atoms with Crippen molar-refractivity contribution in [2.24, 2.45) is 0 Å². The van der Waals surface area contributed by atoms with E-state index in [0.717, 1.165) is 0 Å². The summed E-state index contributed by atoms with van der Waals surface area (Å²) in [7, 11) is 1.51. The van der Waals surface area contributed by atoms with E-state index in [1.807, 2.05) is 0 Å². The van der Waals surface area contributed by atoms with E-state index in [-0.39, 0.29) is 29.0 Å². The van der Waals surface area contributed by atoms with Crippen LogP contribution in [0.25, 0.3) is 0 Å². The van der Waals surface area contributed by atoms with Crippen LogP contribution in [0.2, 0.25) is 0 Å². The first-order chi connectivity index (χ1) is 8.04. The fraction of sp³-hybridized carbons (Fsp3) is 0.364. The number of hydrogen-bond acceptors (Lipinski definition) is 4. The highest BCUT2D eigenvalue weighted by Gasteiger charge is 2.13. The number of hydrogen-bond donors (Lipinski definition) is 3. The van der Waals surface area contributed by atoms with E-state index in [9.17, 15) is 15.0 Å². The van der Waals surface area contributed by atoms with E-state index in [4.69, 9.17) is 16.3 Å². The van der Waals surface area contributed by atoms with Crippen LogP contribution in [0.15, 0.2) is 18.2 Å². The van der Waals surface area contributed by atoms with Crippen LogP contribution in [-0.2, 0) is 4.74 Å². The molecule has 0 aliphatic heterocycles. The van der Waals surface area contributed by atoms with Crippen molar-refractivity contribution < 1.29 is 19.7 Å². The number of rotatable bonds is 5. The molecule has 3 N–H and O–H groups in total. The number of aromatic hydroxyl groups is 2. The van der Waals surface area contributed by atoms with Crippen molar-refractivity contribution in [2.75, 3.05) is 20.3 Å². The predicted octanol–water partition coefficient (Wildman–Crippen LogP) is 1.08. The van der Waals surface area contributed by atoms with Crippen molar-refractivity contribution >= 4 is 17.5 Å².